The summed E-state index contributed by atoms with van der Waals surface area (Å²) in [5, 5.41) is 9.60. The van der Waals surface area contributed by atoms with E-state index in [-0.39, 0.29) is 11.4 Å². The average molecular weight is 399 g/mol. The SMILES string of the molecule is CN=C(NCCSc1ccccc1)NCc1cccc(C(=O)NC(C)(C)C)c1. The first-order valence-corrected chi connectivity index (χ1v) is 10.4. The summed E-state index contributed by atoms with van der Waals surface area (Å²) >= 11 is 1.81. The van der Waals surface area contributed by atoms with Crippen molar-refractivity contribution in [3.05, 3.63) is 65.7 Å². The Labute approximate surface area is 172 Å². The molecule has 6 heteroatoms. The molecule has 150 valence electrons. The van der Waals surface area contributed by atoms with Crippen molar-refractivity contribution in [2.24, 2.45) is 4.99 Å². The highest BCUT2D eigenvalue weighted by molar-refractivity contribution is 7.99. The molecule has 2 rings (SSSR count). The second-order valence-electron chi connectivity index (χ2n) is 7.42. The molecule has 0 saturated heterocycles. The number of carbonyl (C=O) groups is 1. The lowest BCUT2D eigenvalue weighted by Crippen LogP contribution is -2.40. The lowest BCUT2D eigenvalue weighted by atomic mass is 10.1. The van der Waals surface area contributed by atoms with Crippen LogP contribution in [-0.2, 0) is 6.54 Å². The van der Waals surface area contributed by atoms with Gasteiger partial charge in [0.15, 0.2) is 5.96 Å². The van der Waals surface area contributed by atoms with Gasteiger partial charge in [-0.15, -0.1) is 11.8 Å². The van der Waals surface area contributed by atoms with Gasteiger partial charge >= 0.3 is 0 Å². The van der Waals surface area contributed by atoms with Gasteiger partial charge < -0.3 is 16.0 Å². The van der Waals surface area contributed by atoms with Crippen LogP contribution in [0.25, 0.3) is 0 Å². The molecule has 0 heterocycles. The summed E-state index contributed by atoms with van der Waals surface area (Å²) in [6, 6.07) is 18.0. The predicted molar refractivity (Wildman–Crippen MR) is 119 cm³/mol. The number of nitrogens with one attached hydrogen (secondary N) is 3. The standard InChI is InChI=1S/C22H30N4OS/c1-22(2,3)26-20(27)18-10-8-9-17(15-18)16-25-21(23-4)24-13-14-28-19-11-6-5-7-12-19/h5-12,15H,13-14,16H2,1-4H3,(H,26,27)(H2,23,24,25). The van der Waals surface area contributed by atoms with Crippen molar-refractivity contribution in [2.75, 3.05) is 19.3 Å². The number of guanidine groups is 1. The van der Waals surface area contributed by atoms with E-state index in [9.17, 15) is 4.79 Å². The summed E-state index contributed by atoms with van der Waals surface area (Å²) in [5.41, 5.74) is 1.44. The van der Waals surface area contributed by atoms with E-state index in [2.05, 4.69) is 33.1 Å². The van der Waals surface area contributed by atoms with Crippen LogP contribution in [0.5, 0.6) is 0 Å². The first-order valence-electron chi connectivity index (χ1n) is 9.41. The van der Waals surface area contributed by atoms with E-state index in [1.165, 1.54) is 4.90 Å². The Morgan fingerprint density at radius 3 is 2.46 bits per heavy atom. The number of aliphatic imine (C=N–C) groups is 1. The van der Waals surface area contributed by atoms with E-state index >= 15 is 0 Å². The van der Waals surface area contributed by atoms with Crippen molar-refractivity contribution in [1.29, 1.82) is 0 Å². The summed E-state index contributed by atoms with van der Waals surface area (Å²) in [4.78, 5) is 17.8. The van der Waals surface area contributed by atoms with Crippen molar-refractivity contribution in [2.45, 2.75) is 37.8 Å². The molecule has 1 amide bonds. The lowest BCUT2D eigenvalue weighted by molar-refractivity contribution is 0.0919. The van der Waals surface area contributed by atoms with Gasteiger partial charge in [-0.05, 0) is 50.6 Å². The van der Waals surface area contributed by atoms with Gasteiger partial charge in [0.2, 0.25) is 0 Å². The Balaban J connectivity index is 1.79. The predicted octanol–water partition coefficient (Wildman–Crippen LogP) is 3.67. The van der Waals surface area contributed by atoms with Crippen molar-refractivity contribution >= 4 is 23.6 Å². The smallest absolute Gasteiger partial charge is 0.251 e. The second-order valence-corrected chi connectivity index (χ2v) is 8.59. The number of nitrogens with zero attached hydrogens (tertiary/aromatic N) is 1. The molecule has 28 heavy (non-hydrogen) atoms. The maximum Gasteiger partial charge on any atom is 0.251 e. The molecule has 0 radical (unpaired) electrons. The zero-order chi connectivity index (χ0) is 20.4. The van der Waals surface area contributed by atoms with Crippen LogP contribution in [0, 0.1) is 0 Å². The molecule has 0 aromatic heterocycles. The number of hydrogen-bond donors (Lipinski definition) is 3. The molecule has 3 N–H and O–H groups in total. The van der Waals surface area contributed by atoms with Gasteiger partial charge in [0.25, 0.3) is 5.91 Å². The molecule has 0 aliphatic heterocycles. The molecule has 0 atom stereocenters. The number of amides is 1. The highest BCUT2D eigenvalue weighted by atomic mass is 32.2. The second kappa shape index (κ2) is 10.8. The van der Waals surface area contributed by atoms with E-state index in [4.69, 9.17) is 0 Å². The van der Waals surface area contributed by atoms with E-state index in [0.717, 1.165) is 23.8 Å². The van der Waals surface area contributed by atoms with E-state index in [1.54, 1.807) is 7.05 Å². The quantitative estimate of drug-likeness (QED) is 0.288. The first-order chi connectivity index (χ1) is 13.4. The highest BCUT2D eigenvalue weighted by Gasteiger charge is 2.15. The monoisotopic (exact) mass is 398 g/mol. The van der Waals surface area contributed by atoms with Gasteiger partial charge in [0, 0.05) is 41.9 Å². The molecule has 0 saturated carbocycles. The minimum Gasteiger partial charge on any atom is -0.356 e. The van der Waals surface area contributed by atoms with Crippen LogP contribution in [0.2, 0.25) is 0 Å². The maximum absolute atomic E-state index is 12.3. The summed E-state index contributed by atoms with van der Waals surface area (Å²) in [6.45, 7) is 7.33. The Morgan fingerprint density at radius 1 is 1.04 bits per heavy atom. The molecule has 0 unspecified atom stereocenters. The highest BCUT2D eigenvalue weighted by Crippen LogP contribution is 2.15. The molecule has 0 spiro atoms. The zero-order valence-electron chi connectivity index (χ0n) is 17.1. The minimum absolute atomic E-state index is 0.0604. The fraction of sp³-hybridized carbons (Fsp3) is 0.364. The maximum atomic E-state index is 12.3. The van der Waals surface area contributed by atoms with Gasteiger partial charge in [-0.2, -0.15) is 0 Å². The van der Waals surface area contributed by atoms with Crippen molar-refractivity contribution in [3.8, 4) is 0 Å². The van der Waals surface area contributed by atoms with Crippen LogP contribution in [-0.4, -0.2) is 36.8 Å². The third kappa shape index (κ3) is 8.05. The first kappa shape index (κ1) is 21.8. The van der Waals surface area contributed by atoms with E-state index < -0.39 is 0 Å². The van der Waals surface area contributed by atoms with Gasteiger partial charge in [-0.3, -0.25) is 9.79 Å². The number of hydrogen-bond acceptors (Lipinski definition) is 3. The molecular weight excluding hydrogens is 368 g/mol. The van der Waals surface area contributed by atoms with Gasteiger partial charge in [-0.1, -0.05) is 30.3 Å². The molecule has 2 aromatic carbocycles. The fourth-order valence-corrected chi connectivity index (χ4v) is 3.29. The normalized spacial score (nSPS) is 11.8. The summed E-state index contributed by atoms with van der Waals surface area (Å²) < 4.78 is 0. The Hall–Kier alpha value is -2.47. The minimum atomic E-state index is -0.255. The molecule has 0 aliphatic rings. The molecule has 2 aromatic rings. The number of benzene rings is 2. The fourth-order valence-electron chi connectivity index (χ4n) is 2.50. The van der Waals surface area contributed by atoms with Crippen molar-refractivity contribution in [1.82, 2.24) is 16.0 Å². The van der Waals surface area contributed by atoms with Gasteiger partial charge in [-0.25, -0.2) is 0 Å². The summed E-state index contributed by atoms with van der Waals surface area (Å²) in [6.07, 6.45) is 0. The van der Waals surface area contributed by atoms with Gasteiger partial charge in [0.1, 0.15) is 0 Å². The molecule has 0 fully saturated rings. The van der Waals surface area contributed by atoms with Crippen LogP contribution in [0.3, 0.4) is 0 Å². The van der Waals surface area contributed by atoms with Crippen molar-refractivity contribution in [3.63, 3.8) is 0 Å². The molecule has 0 aliphatic carbocycles. The summed E-state index contributed by atoms with van der Waals surface area (Å²) in [7, 11) is 1.76. The molecular formula is C22H30N4OS. The number of thioether (sulfide) groups is 1. The topological polar surface area (TPSA) is 65.5 Å². The third-order valence-corrected chi connectivity index (χ3v) is 4.78. The van der Waals surface area contributed by atoms with Crippen LogP contribution in [0.4, 0.5) is 0 Å². The van der Waals surface area contributed by atoms with Crippen LogP contribution in [0.15, 0.2) is 64.5 Å². The van der Waals surface area contributed by atoms with E-state index in [0.29, 0.717) is 12.1 Å². The third-order valence-electron chi connectivity index (χ3n) is 3.77. The van der Waals surface area contributed by atoms with Crippen LogP contribution < -0.4 is 16.0 Å². The number of rotatable bonds is 7. The van der Waals surface area contributed by atoms with Gasteiger partial charge in [0.05, 0.1) is 0 Å². The van der Waals surface area contributed by atoms with Crippen LogP contribution >= 0.6 is 11.8 Å². The Bertz CT molecular complexity index is 785. The van der Waals surface area contributed by atoms with E-state index in [1.807, 2.05) is 75.0 Å². The largest absolute Gasteiger partial charge is 0.356 e. The Morgan fingerprint density at radius 2 is 1.79 bits per heavy atom. The lowest BCUT2D eigenvalue weighted by Gasteiger charge is -2.20. The van der Waals surface area contributed by atoms with Crippen molar-refractivity contribution < 1.29 is 4.79 Å². The number of carbonyl (C=O) groups excluding carboxylic acids is 1. The Kier molecular flexibility index (Phi) is 8.39. The molecule has 0 bridgehead atoms. The summed E-state index contributed by atoms with van der Waals surface area (Å²) in [5.74, 6) is 1.64. The molecule has 5 nitrogen and oxygen atoms in total. The van der Waals surface area contributed by atoms with Crippen LogP contribution in [0.1, 0.15) is 36.7 Å². The zero-order valence-corrected chi connectivity index (χ0v) is 17.9. The average Bonchev–Trinajstić information content (AvgIpc) is 2.67.